The second-order valence-electron chi connectivity index (χ2n) is 15.0. The van der Waals surface area contributed by atoms with E-state index >= 15 is 0 Å². The van der Waals surface area contributed by atoms with E-state index in [1.165, 1.54) is 12.1 Å². The molecule has 8 nitrogen and oxygen atoms in total. The smallest absolute Gasteiger partial charge is 0.323 e. The minimum atomic E-state index is -4.08. The summed E-state index contributed by atoms with van der Waals surface area (Å²) < 4.78 is 43.7. The fourth-order valence-corrected chi connectivity index (χ4v) is 7.91. The highest BCUT2D eigenvalue weighted by Crippen LogP contribution is 2.42. The Kier molecular flexibility index (Phi) is 14.4. The van der Waals surface area contributed by atoms with E-state index in [1.807, 2.05) is 124 Å². The van der Waals surface area contributed by atoms with E-state index in [-0.39, 0.29) is 36.7 Å². The Morgan fingerprint density at radius 3 is 1.91 bits per heavy atom. The summed E-state index contributed by atoms with van der Waals surface area (Å²) in [6.07, 6.45) is 11.1. The van der Waals surface area contributed by atoms with Gasteiger partial charge in [0, 0.05) is 5.92 Å². The van der Waals surface area contributed by atoms with Crippen LogP contribution < -0.4 is 5.32 Å². The summed E-state index contributed by atoms with van der Waals surface area (Å²) in [5, 5.41) is 3.79. The number of nitrogens with one attached hydrogen (secondary N) is 1. The van der Waals surface area contributed by atoms with Gasteiger partial charge in [-0.1, -0.05) is 127 Å². The average molecular weight is 776 g/mol. The third-order valence-corrected chi connectivity index (χ3v) is 11.1. The predicted octanol–water partition coefficient (Wildman–Crippen LogP) is 9.69. The number of carbonyl (C=O) groups is 2. The van der Waals surface area contributed by atoms with Gasteiger partial charge in [-0.2, -0.15) is 8.42 Å². The number of rotatable bonds is 17. The van der Waals surface area contributed by atoms with Crippen molar-refractivity contribution < 1.29 is 31.7 Å². The van der Waals surface area contributed by atoms with Crippen LogP contribution in [0.2, 0.25) is 0 Å². The third kappa shape index (κ3) is 11.0. The number of carbonyl (C=O) groups excluding carboxylic acids is 2. The van der Waals surface area contributed by atoms with E-state index in [0.29, 0.717) is 12.2 Å². The summed E-state index contributed by atoms with van der Waals surface area (Å²) in [7, 11) is -4.08. The molecular formula is C47H53NO7S. The molecule has 3 atom stereocenters. The van der Waals surface area contributed by atoms with E-state index in [9.17, 15) is 18.0 Å². The highest BCUT2D eigenvalue weighted by atomic mass is 32.2. The van der Waals surface area contributed by atoms with Crippen LogP contribution in [0, 0.1) is 11.8 Å². The number of esters is 2. The Hall–Kier alpha value is -5.09. The highest BCUT2D eigenvalue weighted by molar-refractivity contribution is 7.86. The Labute approximate surface area is 332 Å². The summed E-state index contributed by atoms with van der Waals surface area (Å²) in [6, 6.07) is 35.3. The standard InChI is InChI=1S/C47H53NO7S/c1-6-35(2)54-44(49)38(22-19-33-53-56(51,52)42-31-29-37(30-32-42)36-20-11-7-12-21-36)34-43(45(50)55-46(3,4)5)48-47(39-23-13-8-14-24-39,40-25-15-9-16-26-40)41-27-17-10-18-28-41/h6-18,20-21,23-27,29-32,38,41,43,48H,19,22,28,33-34H2,1-5H3/b35-6-/t38-,41?,43-/m0/s1. The maximum Gasteiger partial charge on any atom is 0.323 e. The van der Waals surface area contributed by atoms with Gasteiger partial charge in [0.25, 0.3) is 10.1 Å². The Morgan fingerprint density at radius 1 is 0.804 bits per heavy atom. The van der Waals surface area contributed by atoms with Gasteiger partial charge in [-0.25, -0.2) is 0 Å². The lowest BCUT2D eigenvalue weighted by molar-refractivity contribution is -0.159. The molecule has 4 aromatic carbocycles. The normalized spacial score (nSPS) is 15.9. The second-order valence-corrected chi connectivity index (χ2v) is 16.6. The van der Waals surface area contributed by atoms with Crippen molar-refractivity contribution in [1.29, 1.82) is 0 Å². The van der Waals surface area contributed by atoms with Gasteiger partial charge in [-0.15, -0.1) is 0 Å². The first-order valence-electron chi connectivity index (χ1n) is 19.2. The van der Waals surface area contributed by atoms with Crippen LogP contribution in [0.1, 0.15) is 71.4 Å². The van der Waals surface area contributed by atoms with Crippen molar-refractivity contribution in [2.45, 2.75) is 82.4 Å². The second kappa shape index (κ2) is 19.2. The minimum absolute atomic E-state index is 0.0200. The molecule has 9 heteroatoms. The number of hydrogen-bond donors (Lipinski definition) is 1. The summed E-state index contributed by atoms with van der Waals surface area (Å²) in [6.45, 7) is 8.73. The maximum absolute atomic E-state index is 14.4. The summed E-state index contributed by atoms with van der Waals surface area (Å²) in [5.74, 6) is -1.56. The van der Waals surface area contributed by atoms with Gasteiger partial charge >= 0.3 is 11.9 Å². The largest absolute Gasteiger partial charge is 0.459 e. The van der Waals surface area contributed by atoms with Gasteiger partial charge in [0.05, 0.1) is 23.0 Å². The van der Waals surface area contributed by atoms with Crippen molar-refractivity contribution >= 4 is 22.1 Å². The molecule has 1 unspecified atom stereocenters. The van der Waals surface area contributed by atoms with E-state index < -0.39 is 45.2 Å². The molecule has 0 spiro atoms. The SMILES string of the molecule is C/C=C(/C)OC(=O)[C@@H](CCCOS(=O)(=O)c1ccc(-c2ccccc2)cc1)C[C@H](NC(c1ccccc1)(c1ccccc1)C1C=CC=CC1)C(=O)OC(C)(C)C. The monoisotopic (exact) mass is 775 g/mol. The van der Waals surface area contributed by atoms with Gasteiger partial charge in [-0.05, 0) is 101 Å². The molecule has 0 aliphatic heterocycles. The van der Waals surface area contributed by atoms with Crippen molar-refractivity contribution in [1.82, 2.24) is 5.32 Å². The Bertz CT molecular complexity index is 2050. The fraction of sp³-hybridized carbons (Fsp3) is 0.319. The van der Waals surface area contributed by atoms with Crippen molar-refractivity contribution in [2.24, 2.45) is 11.8 Å². The molecule has 0 saturated carbocycles. The van der Waals surface area contributed by atoms with Crippen molar-refractivity contribution in [2.75, 3.05) is 6.61 Å². The zero-order valence-corrected chi connectivity index (χ0v) is 33.7. The van der Waals surface area contributed by atoms with Crippen LogP contribution in [0.5, 0.6) is 0 Å². The van der Waals surface area contributed by atoms with Crippen molar-refractivity contribution in [3.63, 3.8) is 0 Å². The first-order valence-corrected chi connectivity index (χ1v) is 20.6. The molecule has 294 valence electrons. The fourth-order valence-electron chi connectivity index (χ4n) is 6.96. The summed E-state index contributed by atoms with van der Waals surface area (Å²) >= 11 is 0. The molecule has 1 N–H and O–H groups in total. The molecule has 56 heavy (non-hydrogen) atoms. The topological polar surface area (TPSA) is 108 Å². The number of ether oxygens (including phenoxy) is 2. The predicted molar refractivity (Wildman–Crippen MR) is 221 cm³/mol. The van der Waals surface area contributed by atoms with E-state index in [4.69, 9.17) is 13.7 Å². The average Bonchev–Trinajstić information content (AvgIpc) is 3.21. The van der Waals surface area contributed by atoms with Crippen LogP contribution in [-0.4, -0.2) is 38.6 Å². The van der Waals surface area contributed by atoms with E-state index in [2.05, 4.69) is 17.5 Å². The van der Waals surface area contributed by atoms with E-state index in [0.717, 1.165) is 22.3 Å². The van der Waals surface area contributed by atoms with Crippen LogP contribution >= 0.6 is 0 Å². The third-order valence-electron chi connectivity index (χ3n) is 9.80. The molecule has 1 aliphatic carbocycles. The molecule has 0 fully saturated rings. The van der Waals surface area contributed by atoms with Gasteiger partial charge in [0.15, 0.2) is 0 Å². The van der Waals surface area contributed by atoms with Gasteiger partial charge in [0.2, 0.25) is 0 Å². The molecular weight excluding hydrogens is 723 g/mol. The van der Waals surface area contributed by atoms with Crippen LogP contribution in [0.25, 0.3) is 11.1 Å². The van der Waals surface area contributed by atoms with Gasteiger partial charge in [-0.3, -0.25) is 19.1 Å². The quantitative estimate of drug-likeness (QED) is 0.0489. The molecule has 0 amide bonds. The molecule has 0 heterocycles. The zero-order chi connectivity index (χ0) is 40.2. The van der Waals surface area contributed by atoms with Crippen LogP contribution in [0.3, 0.4) is 0 Å². The lowest BCUT2D eigenvalue weighted by Crippen LogP contribution is -2.57. The summed E-state index contributed by atoms with van der Waals surface area (Å²) in [5.41, 5.74) is 2.03. The lowest BCUT2D eigenvalue weighted by Gasteiger charge is -2.44. The van der Waals surface area contributed by atoms with E-state index in [1.54, 1.807) is 32.1 Å². The highest BCUT2D eigenvalue weighted by Gasteiger charge is 2.45. The molecule has 0 bridgehead atoms. The van der Waals surface area contributed by atoms with Crippen LogP contribution in [0.4, 0.5) is 0 Å². The lowest BCUT2D eigenvalue weighted by atomic mass is 9.70. The number of allylic oxidation sites excluding steroid dienone is 5. The number of benzene rings is 4. The number of hydrogen-bond acceptors (Lipinski definition) is 8. The Balaban J connectivity index is 1.44. The molecule has 4 aromatic rings. The van der Waals surface area contributed by atoms with Crippen molar-refractivity contribution in [3.05, 3.63) is 163 Å². The van der Waals surface area contributed by atoms with Gasteiger partial charge in [0.1, 0.15) is 17.4 Å². The molecule has 0 saturated heterocycles. The summed E-state index contributed by atoms with van der Waals surface area (Å²) in [4.78, 5) is 28.3. The van der Waals surface area contributed by atoms with Crippen LogP contribution in [0.15, 0.2) is 156 Å². The Morgan fingerprint density at radius 2 is 1.38 bits per heavy atom. The minimum Gasteiger partial charge on any atom is -0.459 e. The maximum atomic E-state index is 14.4. The molecule has 1 aliphatic rings. The first kappa shape index (κ1) is 42.1. The zero-order valence-electron chi connectivity index (χ0n) is 32.9. The molecule has 0 aromatic heterocycles. The first-order chi connectivity index (χ1) is 26.8. The molecule has 0 radical (unpaired) electrons. The van der Waals surface area contributed by atoms with Gasteiger partial charge < -0.3 is 9.47 Å². The van der Waals surface area contributed by atoms with Crippen molar-refractivity contribution in [3.8, 4) is 11.1 Å². The molecule has 5 rings (SSSR count). The van der Waals surface area contributed by atoms with Crippen LogP contribution in [-0.2, 0) is 38.9 Å².